The van der Waals surface area contributed by atoms with Crippen LogP contribution in [0.5, 0.6) is 0 Å². The molecule has 0 aliphatic carbocycles. The van der Waals surface area contributed by atoms with Crippen molar-refractivity contribution in [2.75, 3.05) is 25.5 Å². The van der Waals surface area contributed by atoms with Crippen molar-refractivity contribution in [2.45, 2.75) is 19.4 Å². The molecule has 0 spiro atoms. The number of aromatic nitrogens is 1. The van der Waals surface area contributed by atoms with Gasteiger partial charge in [-0.15, -0.1) is 0 Å². The number of nitrogens with one attached hydrogen (secondary N) is 1. The molecule has 1 rings (SSSR count). The van der Waals surface area contributed by atoms with Crippen molar-refractivity contribution in [3.63, 3.8) is 0 Å². The maximum Gasteiger partial charge on any atom is 0.128 e. The summed E-state index contributed by atoms with van der Waals surface area (Å²) in [4.78, 5) is 6.44. The molecule has 0 aliphatic rings. The van der Waals surface area contributed by atoms with Crippen LogP contribution < -0.4 is 10.2 Å². The predicted octanol–water partition coefficient (Wildman–Crippen LogP) is 1.52. The number of hydrogen-bond acceptors (Lipinski definition) is 3. The fourth-order valence-corrected chi connectivity index (χ4v) is 1.33. The molecule has 3 heteroatoms. The molecule has 1 N–H and O–H groups in total. The summed E-state index contributed by atoms with van der Waals surface area (Å²) in [7, 11) is 4.04. The van der Waals surface area contributed by atoms with Gasteiger partial charge >= 0.3 is 0 Å². The maximum absolute atomic E-state index is 4.30. The van der Waals surface area contributed by atoms with E-state index in [-0.39, 0.29) is 5.54 Å². The summed E-state index contributed by atoms with van der Waals surface area (Å²) < 4.78 is 0. The van der Waals surface area contributed by atoms with Crippen molar-refractivity contribution >= 4 is 5.82 Å². The van der Waals surface area contributed by atoms with Gasteiger partial charge < -0.3 is 10.2 Å². The number of nitrogens with zero attached hydrogens (tertiary/aromatic N) is 2. The molecule has 0 fully saturated rings. The lowest BCUT2D eigenvalue weighted by atomic mass is 10.1. The van der Waals surface area contributed by atoms with Gasteiger partial charge in [0.25, 0.3) is 0 Å². The summed E-state index contributed by atoms with van der Waals surface area (Å²) in [5.74, 6) is 1.01. The molecule has 0 aliphatic heterocycles. The molecule has 0 amide bonds. The minimum atomic E-state index is 0.103. The molecule has 0 saturated heterocycles. The van der Waals surface area contributed by atoms with Gasteiger partial charge in [-0.2, -0.15) is 0 Å². The SMILES string of the molecule is CNC(C)(C)CN(C)c1ccccn1. The molecule has 0 atom stereocenters. The second-order valence-corrected chi connectivity index (χ2v) is 4.18. The Kier molecular flexibility index (Phi) is 3.47. The zero-order valence-corrected chi connectivity index (χ0v) is 9.41. The van der Waals surface area contributed by atoms with E-state index in [0.29, 0.717) is 0 Å². The molecule has 14 heavy (non-hydrogen) atoms. The van der Waals surface area contributed by atoms with Gasteiger partial charge in [0.15, 0.2) is 0 Å². The minimum absolute atomic E-state index is 0.103. The Bertz CT molecular complexity index is 269. The number of hydrogen-bond donors (Lipinski definition) is 1. The molecule has 78 valence electrons. The number of anilines is 1. The molecule has 0 bridgehead atoms. The largest absolute Gasteiger partial charge is 0.358 e. The summed E-state index contributed by atoms with van der Waals surface area (Å²) in [6.07, 6.45) is 1.82. The quantitative estimate of drug-likeness (QED) is 0.785. The Morgan fingerprint density at radius 2 is 2.14 bits per heavy atom. The monoisotopic (exact) mass is 193 g/mol. The number of pyridine rings is 1. The molecule has 1 aromatic heterocycles. The standard InChI is InChI=1S/C11H19N3/c1-11(2,12-3)9-14(4)10-7-5-6-8-13-10/h5-8,12H,9H2,1-4H3. The summed E-state index contributed by atoms with van der Waals surface area (Å²) in [5, 5.41) is 3.27. The third-order valence-corrected chi connectivity index (χ3v) is 2.35. The van der Waals surface area contributed by atoms with Crippen LogP contribution in [0.2, 0.25) is 0 Å². The van der Waals surface area contributed by atoms with Gasteiger partial charge in [0.05, 0.1) is 0 Å². The smallest absolute Gasteiger partial charge is 0.128 e. The van der Waals surface area contributed by atoms with Crippen molar-refractivity contribution < 1.29 is 0 Å². The van der Waals surface area contributed by atoms with Gasteiger partial charge in [0.2, 0.25) is 0 Å². The van der Waals surface area contributed by atoms with E-state index in [2.05, 4.69) is 36.1 Å². The van der Waals surface area contributed by atoms with Crippen LogP contribution >= 0.6 is 0 Å². The highest BCUT2D eigenvalue weighted by atomic mass is 15.2. The summed E-state index contributed by atoms with van der Waals surface area (Å²) >= 11 is 0. The van der Waals surface area contributed by atoms with Gasteiger partial charge in [-0.25, -0.2) is 4.98 Å². The molecule has 0 saturated carbocycles. The molecular weight excluding hydrogens is 174 g/mol. The van der Waals surface area contributed by atoms with Crippen LogP contribution in [-0.4, -0.2) is 31.2 Å². The highest BCUT2D eigenvalue weighted by Gasteiger charge is 2.17. The highest BCUT2D eigenvalue weighted by molar-refractivity contribution is 5.36. The first-order chi connectivity index (χ1) is 6.55. The fraction of sp³-hybridized carbons (Fsp3) is 0.545. The van der Waals surface area contributed by atoms with E-state index in [4.69, 9.17) is 0 Å². The second kappa shape index (κ2) is 4.42. The van der Waals surface area contributed by atoms with E-state index in [9.17, 15) is 0 Å². The van der Waals surface area contributed by atoms with E-state index in [1.54, 1.807) is 0 Å². The molecule has 0 unspecified atom stereocenters. The second-order valence-electron chi connectivity index (χ2n) is 4.18. The third-order valence-electron chi connectivity index (χ3n) is 2.35. The molecular formula is C11H19N3. The zero-order valence-electron chi connectivity index (χ0n) is 9.41. The highest BCUT2D eigenvalue weighted by Crippen LogP contribution is 2.11. The van der Waals surface area contributed by atoms with Crippen LogP contribution in [0.15, 0.2) is 24.4 Å². The van der Waals surface area contributed by atoms with Crippen molar-refractivity contribution in [1.82, 2.24) is 10.3 Å². The Morgan fingerprint density at radius 3 is 2.64 bits per heavy atom. The van der Waals surface area contributed by atoms with Crippen molar-refractivity contribution in [3.8, 4) is 0 Å². The summed E-state index contributed by atoms with van der Waals surface area (Å²) in [6, 6.07) is 5.96. The lowest BCUT2D eigenvalue weighted by Gasteiger charge is -2.30. The summed E-state index contributed by atoms with van der Waals surface area (Å²) in [5.41, 5.74) is 0.103. The normalized spacial score (nSPS) is 11.4. The van der Waals surface area contributed by atoms with Gasteiger partial charge in [-0.1, -0.05) is 6.07 Å². The molecule has 1 heterocycles. The van der Waals surface area contributed by atoms with Crippen LogP contribution in [0.25, 0.3) is 0 Å². The van der Waals surface area contributed by atoms with Crippen molar-refractivity contribution in [2.24, 2.45) is 0 Å². The Labute approximate surface area is 86.2 Å². The van der Waals surface area contributed by atoms with Crippen molar-refractivity contribution in [3.05, 3.63) is 24.4 Å². The lowest BCUT2D eigenvalue weighted by Crippen LogP contribution is -2.46. The first-order valence-corrected chi connectivity index (χ1v) is 4.86. The van der Waals surface area contributed by atoms with E-state index in [0.717, 1.165) is 12.4 Å². The van der Waals surface area contributed by atoms with Crippen LogP contribution in [0.3, 0.4) is 0 Å². The Morgan fingerprint density at radius 1 is 1.43 bits per heavy atom. The van der Waals surface area contributed by atoms with Gasteiger partial charge in [-0.3, -0.25) is 0 Å². The van der Waals surface area contributed by atoms with Crippen molar-refractivity contribution in [1.29, 1.82) is 0 Å². The van der Waals surface area contributed by atoms with Crippen LogP contribution in [0.4, 0.5) is 5.82 Å². The van der Waals surface area contributed by atoms with E-state index in [1.165, 1.54) is 0 Å². The number of likely N-dealkylation sites (N-methyl/N-ethyl adjacent to an activating group) is 2. The Balaban J connectivity index is 2.64. The topological polar surface area (TPSA) is 28.2 Å². The van der Waals surface area contributed by atoms with Crippen LogP contribution in [0.1, 0.15) is 13.8 Å². The Hall–Kier alpha value is -1.09. The summed E-state index contributed by atoms with van der Waals surface area (Å²) in [6.45, 7) is 5.28. The molecule has 0 aromatic carbocycles. The lowest BCUT2D eigenvalue weighted by molar-refractivity contribution is 0.427. The first kappa shape index (κ1) is 11.0. The van der Waals surface area contributed by atoms with Gasteiger partial charge in [0, 0.05) is 25.3 Å². The average Bonchev–Trinajstić information content (AvgIpc) is 2.19. The third kappa shape index (κ3) is 3.00. The number of rotatable bonds is 4. The van der Waals surface area contributed by atoms with E-state index >= 15 is 0 Å². The van der Waals surface area contributed by atoms with E-state index in [1.807, 2.05) is 31.4 Å². The average molecular weight is 193 g/mol. The first-order valence-electron chi connectivity index (χ1n) is 4.86. The van der Waals surface area contributed by atoms with Crippen LogP contribution in [0, 0.1) is 0 Å². The van der Waals surface area contributed by atoms with Gasteiger partial charge in [0.1, 0.15) is 5.82 Å². The fourth-order valence-electron chi connectivity index (χ4n) is 1.33. The van der Waals surface area contributed by atoms with E-state index < -0.39 is 0 Å². The van der Waals surface area contributed by atoms with Crippen LogP contribution in [-0.2, 0) is 0 Å². The minimum Gasteiger partial charge on any atom is -0.358 e. The van der Waals surface area contributed by atoms with Gasteiger partial charge in [-0.05, 0) is 33.0 Å². The maximum atomic E-state index is 4.30. The molecule has 1 aromatic rings. The zero-order chi connectivity index (χ0) is 10.6. The molecule has 3 nitrogen and oxygen atoms in total. The molecule has 0 radical (unpaired) electrons. The predicted molar refractivity (Wildman–Crippen MR) is 60.6 cm³/mol.